The van der Waals surface area contributed by atoms with Crippen LogP contribution in [0, 0.1) is 0 Å². The molecule has 0 saturated carbocycles. The molecule has 1 aliphatic heterocycles. The first kappa shape index (κ1) is 15.4. The van der Waals surface area contributed by atoms with Crippen molar-refractivity contribution < 1.29 is 17.7 Å². The Balaban J connectivity index is 1.70. The maximum Gasteiger partial charge on any atom is 0.416 e. The minimum absolute atomic E-state index is 0.315. The summed E-state index contributed by atoms with van der Waals surface area (Å²) < 4.78 is 42.8. The Morgan fingerprint density at radius 3 is 2.45 bits per heavy atom. The molecular weight excluding hydrogens is 315 g/mol. The second kappa shape index (κ2) is 6.29. The zero-order chi connectivity index (χ0) is 15.6. The number of alkyl halides is 3. The van der Waals surface area contributed by atoms with Crippen LogP contribution in [0.5, 0.6) is 0 Å². The SMILES string of the molecule is FC(F)(F)c1ccc(-c2noc(CN3CCSCC3)n2)cc1. The van der Waals surface area contributed by atoms with E-state index < -0.39 is 11.7 Å². The quantitative estimate of drug-likeness (QED) is 0.864. The van der Waals surface area contributed by atoms with Gasteiger partial charge in [-0.3, -0.25) is 4.90 Å². The van der Waals surface area contributed by atoms with E-state index in [1.54, 1.807) is 0 Å². The summed E-state index contributed by atoms with van der Waals surface area (Å²) in [4.78, 5) is 6.48. The summed E-state index contributed by atoms with van der Waals surface area (Å²) in [5.74, 6) is 2.97. The van der Waals surface area contributed by atoms with Crippen LogP contribution in [0.1, 0.15) is 11.5 Å². The Hall–Kier alpha value is -1.54. The highest BCUT2D eigenvalue weighted by molar-refractivity contribution is 7.99. The first-order chi connectivity index (χ1) is 10.5. The summed E-state index contributed by atoms with van der Waals surface area (Å²) in [6.45, 7) is 2.53. The van der Waals surface area contributed by atoms with Crippen molar-refractivity contribution in [1.82, 2.24) is 15.0 Å². The zero-order valence-electron chi connectivity index (χ0n) is 11.6. The second-order valence-electron chi connectivity index (χ2n) is 4.98. The number of thioether (sulfide) groups is 1. The van der Waals surface area contributed by atoms with Gasteiger partial charge in [0.15, 0.2) is 0 Å². The lowest BCUT2D eigenvalue weighted by molar-refractivity contribution is -0.137. The molecule has 0 atom stereocenters. The zero-order valence-corrected chi connectivity index (χ0v) is 12.5. The van der Waals surface area contributed by atoms with Gasteiger partial charge in [0.25, 0.3) is 0 Å². The van der Waals surface area contributed by atoms with Gasteiger partial charge in [0.05, 0.1) is 12.1 Å². The molecular formula is C14H14F3N3OS. The van der Waals surface area contributed by atoms with Crippen LogP contribution in [-0.2, 0) is 12.7 Å². The number of hydrogen-bond donors (Lipinski definition) is 0. The third kappa shape index (κ3) is 3.61. The van der Waals surface area contributed by atoms with E-state index in [9.17, 15) is 13.2 Å². The van der Waals surface area contributed by atoms with E-state index in [2.05, 4.69) is 15.0 Å². The first-order valence-electron chi connectivity index (χ1n) is 6.83. The Morgan fingerprint density at radius 2 is 1.82 bits per heavy atom. The van der Waals surface area contributed by atoms with Gasteiger partial charge in [0.1, 0.15) is 0 Å². The second-order valence-corrected chi connectivity index (χ2v) is 6.20. The molecule has 3 rings (SSSR count). The van der Waals surface area contributed by atoms with E-state index in [1.807, 2.05) is 11.8 Å². The fraction of sp³-hybridized carbons (Fsp3) is 0.429. The molecule has 0 bridgehead atoms. The highest BCUT2D eigenvalue weighted by atomic mass is 32.2. The number of aromatic nitrogens is 2. The average Bonchev–Trinajstić information content (AvgIpc) is 2.96. The van der Waals surface area contributed by atoms with Crippen LogP contribution in [0.2, 0.25) is 0 Å². The molecule has 8 heteroatoms. The molecule has 0 aliphatic carbocycles. The molecule has 22 heavy (non-hydrogen) atoms. The van der Waals surface area contributed by atoms with Crippen molar-refractivity contribution >= 4 is 11.8 Å². The number of nitrogens with zero attached hydrogens (tertiary/aromatic N) is 3. The number of benzene rings is 1. The van der Waals surface area contributed by atoms with Crippen LogP contribution in [0.4, 0.5) is 13.2 Å². The van der Waals surface area contributed by atoms with Crippen molar-refractivity contribution in [3.63, 3.8) is 0 Å². The largest absolute Gasteiger partial charge is 0.416 e. The van der Waals surface area contributed by atoms with Gasteiger partial charge in [-0.1, -0.05) is 17.3 Å². The molecule has 0 spiro atoms. The van der Waals surface area contributed by atoms with Crippen LogP contribution >= 0.6 is 11.8 Å². The first-order valence-corrected chi connectivity index (χ1v) is 7.98. The van der Waals surface area contributed by atoms with Crippen LogP contribution in [0.25, 0.3) is 11.4 Å². The van der Waals surface area contributed by atoms with Gasteiger partial charge < -0.3 is 4.52 Å². The topological polar surface area (TPSA) is 42.2 Å². The molecule has 2 aromatic rings. The lowest BCUT2D eigenvalue weighted by atomic mass is 10.1. The molecule has 4 nitrogen and oxygen atoms in total. The van der Waals surface area contributed by atoms with E-state index in [4.69, 9.17) is 4.52 Å². The van der Waals surface area contributed by atoms with Gasteiger partial charge in [0, 0.05) is 30.2 Å². The molecule has 1 aliphatic rings. The van der Waals surface area contributed by atoms with Crippen LogP contribution in [0.15, 0.2) is 28.8 Å². The minimum atomic E-state index is -4.34. The van der Waals surface area contributed by atoms with Gasteiger partial charge in [-0.15, -0.1) is 0 Å². The van der Waals surface area contributed by atoms with Crippen LogP contribution in [-0.4, -0.2) is 39.6 Å². The molecule has 2 heterocycles. The predicted octanol–water partition coefficient (Wildman–Crippen LogP) is 3.30. The monoisotopic (exact) mass is 329 g/mol. The van der Waals surface area contributed by atoms with Gasteiger partial charge in [-0.25, -0.2) is 0 Å². The van der Waals surface area contributed by atoms with Crippen molar-refractivity contribution in [1.29, 1.82) is 0 Å². The summed E-state index contributed by atoms with van der Waals surface area (Å²) in [7, 11) is 0. The third-order valence-electron chi connectivity index (χ3n) is 3.40. The number of halogens is 3. The lowest BCUT2D eigenvalue weighted by Gasteiger charge is -2.24. The highest BCUT2D eigenvalue weighted by Gasteiger charge is 2.30. The predicted molar refractivity (Wildman–Crippen MR) is 77.3 cm³/mol. The van der Waals surface area contributed by atoms with Gasteiger partial charge in [0.2, 0.25) is 11.7 Å². The Morgan fingerprint density at radius 1 is 1.14 bits per heavy atom. The summed E-state index contributed by atoms with van der Waals surface area (Å²) >= 11 is 1.91. The molecule has 0 radical (unpaired) electrons. The van der Waals surface area contributed by atoms with Crippen molar-refractivity contribution in [2.45, 2.75) is 12.7 Å². The van der Waals surface area contributed by atoms with Crippen LogP contribution < -0.4 is 0 Å². The van der Waals surface area contributed by atoms with Crippen LogP contribution in [0.3, 0.4) is 0 Å². The maximum absolute atomic E-state index is 12.5. The van der Waals surface area contributed by atoms with E-state index in [0.717, 1.165) is 36.7 Å². The summed E-state index contributed by atoms with van der Waals surface area (Å²) in [6, 6.07) is 4.75. The third-order valence-corrected chi connectivity index (χ3v) is 4.34. The van der Waals surface area contributed by atoms with Crippen molar-refractivity contribution in [3.05, 3.63) is 35.7 Å². The smallest absolute Gasteiger partial charge is 0.338 e. The summed E-state index contributed by atoms with van der Waals surface area (Å²) in [5.41, 5.74) is -0.178. The number of rotatable bonds is 3. The van der Waals surface area contributed by atoms with Gasteiger partial charge in [-0.05, 0) is 12.1 Å². The lowest BCUT2D eigenvalue weighted by Crippen LogP contribution is -2.32. The Labute approximate surface area is 129 Å². The summed E-state index contributed by atoms with van der Waals surface area (Å²) in [5, 5.41) is 3.84. The normalized spacial score (nSPS) is 16.9. The molecule has 118 valence electrons. The standard InChI is InChI=1S/C14H14F3N3OS/c15-14(16,17)11-3-1-10(2-4-11)13-18-12(21-19-13)9-20-5-7-22-8-6-20/h1-4H,5-9H2. The average molecular weight is 329 g/mol. The molecule has 0 N–H and O–H groups in total. The fourth-order valence-corrected chi connectivity index (χ4v) is 3.17. The van der Waals surface area contributed by atoms with Crippen molar-refractivity contribution in [2.24, 2.45) is 0 Å². The van der Waals surface area contributed by atoms with Gasteiger partial charge in [-0.2, -0.15) is 29.9 Å². The van der Waals surface area contributed by atoms with E-state index >= 15 is 0 Å². The van der Waals surface area contributed by atoms with E-state index in [0.29, 0.717) is 23.8 Å². The Kier molecular flexibility index (Phi) is 4.39. The molecule has 1 aromatic heterocycles. The highest BCUT2D eigenvalue weighted by Crippen LogP contribution is 2.30. The maximum atomic E-state index is 12.5. The molecule has 1 saturated heterocycles. The van der Waals surface area contributed by atoms with E-state index in [-0.39, 0.29) is 0 Å². The summed E-state index contributed by atoms with van der Waals surface area (Å²) in [6.07, 6.45) is -4.34. The van der Waals surface area contributed by atoms with Crippen molar-refractivity contribution in [2.75, 3.05) is 24.6 Å². The minimum Gasteiger partial charge on any atom is -0.338 e. The Bertz CT molecular complexity index is 621. The molecule has 1 aromatic carbocycles. The molecule has 1 fully saturated rings. The van der Waals surface area contributed by atoms with E-state index in [1.165, 1.54) is 12.1 Å². The number of hydrogen-bond acceptors (Lipinski definition) is 5. The molecule has 0 unspecified atom stereocenters. The van der Waals surface area contributed by atoms with Crippen molar-refractivity contribution in [3.8, 4) is 11.4 Å². The van der Waals surface area contributed by atoms with Gasteiger partial charge >= 0.3 is 6.18 Å². The molecule has 0 amide bonds. The fourth-order valence-electron chi connectivity index (χ4n) is 2.20.